The largest absolute Gasteiger partial charge is 0.313 e. The van der Waals surface area contributed by atoms with Gasteiger partial charge in [-0.25, -0.2) is 4.98 Å². The third-order valence-electron chi connectivity index (χ3n) is 2.12. The minimum absolute atomic E-state index is 0.897. The van der Waals surface area contributed by atoms with E-state index in [1.165, 1.54) is 11.1 Å². The number of likely N-dealkylation sites (N-methyl/N-ethyl adjacent to an activating group) is 1. The van der Waals surface area contributed by atoms with Crippen LogP contribution in [0.5, 0.6) is 0 Å². The van der Waals surface area contributed by atoms with Gasteiger partial charge in [-0.15, -0.1) is 11.8 Å². The summed E-state index contributed by atoms with van der Waals surface area (Å²) in [7, 11) is 0. The number of aromatic nitrogens is 1. The van der Waals surface area contributed by atoms with Crippen LogP contribution in [-0.4, -0.2) is 23.8 Å². The van der Waals surface area contributed by atoms with Gasteiger partial charge in [0.2, 0.25) is 0 Å². The van der Waals surface area contributed by atoms with Gasteiger partial charge < -0.3 is 5.32 Å². The summed E-state index contributed by atoms with van der Waals surface area (Å²) in [6.45, 7) is 12.2. The molecule has 0 amide bonds. The Morgan fingerprint density at radius 2 is 2.19 bits per heavy atom. The van der Waals surface area contributed by atoms with E-state index in [4.69, 9.17) is 0 Å². The molecular weight excluding hydrogens is 216 g/mol. The van der Waals surface area contributed by atoms with Gasteiger partial charge in [0.1, 0.15) is 0 Å². The summed E-state index contributed by atoms with van der Waals surface area (Å²) in [6, 6.07) is 4.22. The third kappa shape index (κ3) is 4.81. The van der Waals surface area contributed by atoms with Crippen molar-refractivity contribution in [2.24, 2.45) is 0 Å². The van der Waals surface area contributed by atoms with Crippen molar-refractivity contribution in [3.8, 4) is 0 Å². The van der Waals surface area contributed by atoms with Crippen LogP contribution in [0.2, 0.25) is 0 Å². The van der Waals surface area contributed by atoms with Gasteiger partial charge in [0, 0.05) is 18.0 Å². The van der Waals surface area contributed by atoms with Crippen molar-refractivity contribution < 1.29 is 0 Å². The Bertz CT molecular complexity index is 341. The van der Waals surface area contributed by atoms with Gasteiger partial charge in [0.25, 0.3) is 0 Å². The van der Waals surface area contributed by atoms with E-state index in [-0.39, 0.29) is 0 Å². The Morgan fingerprint density at radius 3 is 2.81 bits per heavy atom. The number of thioether (sulfide) groups is 1. The Kier molecular flexibility index (Phi) is 5.56. The highest BCUT2D eigenvalue weighted by molar-refractivity contribution is 7.99. The van der Waals surface area contributed by atoms with Crippen LogP contribution < -0.4 is 5.32 Å². The molecule has 2 nitrogen and oxygen atoms in total. The second kappa shape index (κ2) is 6.71. The number of hydrogen-bond donors (Lipinski definition) is 1. The maximum absolute atomic E-state index is 4.49. The molecule has 1 aromatic rings. The monoisotopic (exact) mass is 236 g/mol. The van der Waals surface area contributed by atoms with Gasteiger partial charge in [-0.05, 0) is 38.1 Å². The van der Waals surface area contributed by atoms with E-state index in [0.29, 0.717) is 0 Å². The Hall–Kier alpha value is -0.800. The summed E-state index contributed by atoms with van der Waals surface area (Å²) in [5.41, 5.74) is 3.57. The molecule has 0 aliphatic carbocycles. The van der Waals surface area contributed by atoms with E-state index in [9.17, 15) is 0 Å². The summed E-state index contributed by atoms with van der Waals surface area (Å²) in [5.74, 6) is 0.933. The molecule has 0 aliphatic rings. The van der Waals surface area contributed by atoms with Crippen molar-refractivity contribution in [2.45, 2.75) is 25.8 Å². The Balaban J connectivity index is 2.45. The topological polar surface area (TPSA) is 24.9 Å². The molecule has 0 spiro atoms. The molecule has 0 radical (unpaired) electrons. The molecule has 1 aromatic heterocycles. The number of nitrogens with zero attached hydrogens (tertiary/aromatic N) is 1. The lowest BCUT2D eigenvalue weighted by molar-refractivity contribution is 0.779. The van der Waals surface area contributed by atoms with Crippen LogP contribution >= 0.6 is 11.8 Å². The molecule has 16 heavy (non-hydrogen) atoms. The fourth-order valence-electron chi connectivity index (χ4n) is 1.41. The van der Waals surface area contributed by atoms with Crippen LogP contribution in [0.4, 0.5) is 0 Å². The van der Waals surface area contributed by atoms with Crippen LogP contribution in [0.3, 0.4) is 0 Å². The quantitative estimate of drug-likeness (QED) is 0.607. The fourth-order valence-corrected chi connectivity index (χ4v) is 2.34. The lowest BCUT2D eigenvalue weighted by Gasteiger charge is -2.06. The predicted molar refractivity (Wildman–Crippen MR) is 72.1 cm³/mol. The van der Waals surface area contributed by atoms with Gasteiger partial charge >= 0.3 is 0 Å². The molecule has 0 unspecified atom stereocenters. The molecule has 0 saturated carbocycles. The summed E-state index contributed by atoms with van der Waals surface area (Å²) in [5, 5.41) is 4.37. The summed E-state index contributed by atoms with van der Waals surface area (Å²) in [4.78, 5) is 4.49. The van der Waals surface area contributed by atoms with E-state index < -0.39 is 0 Å². The maximum atomic E-state index is 4.49. The van der Waals surface area contributed by atoms with Crippen molar-refractivity contribution >= 4 is 11.8 Å². The van der Waals surface area contributed by atoms with Crippen LogP contribution in [-0.2, 0) is 0 Å². The number of rotatable bonds is 6. The van der Waals surface area contributed by atoms with Crippen LogP contribution in [0.25, 0.3) is 0 Å². The number of nitrogens with one attached hydrogen (secondary N) is 1. The van der Waals surface area contributed by atoms with Gasteiger partial charge in [-0.3, -0.25) is 0 Å². The zero-order chi connectivity index (χ0) is 12.0. The number of aryl methyl sites for hydroxylation is 2. The molecule has 0 atom stereocenters. The molecule has 0 fully saturated rings. The molecule has 1 N–H and O–H groups in total. The zero-order valence-electron chi connectivity index (χ0n) is 10.3. The highest BCUT2D eigenvalue weighted by atomic mass is 32.2. The first-order valence-electron chi connectivity index (χ1n) is 5.57. The summed E-state index contributed by atoms with van der Waals surface area (Å²) >= 11 is 1.76. The summed E-state index contributed by atoms with van der Waals surface area (Å²) in [6.07, 6.45) is 0. The molecule has 88 valence electrons. The van der Waals surface area contributed by atoms with Crippen LogP contribution in [0.1, 0.15) is 18.2 Å². The first kappa shape index (κ1) is 13.3. The van der Waals surface area contributed by atoms with Crippen molar-refractivity contribution in [3.05, 3.63) is 35.5 Å². The van der Waals surface area contributed by atoms with E-state index in [1.807, 2.05) is 6.92 Å². The first-order chi connectivity index (χ1) is 7.61. The van der Waals surface area contributed by atoms with Crippen molar-refractivity contribution in [2.75, 3.05) is 18.8 Å². The maximum Gasteiger partial charge on any atom is 0.0968 e. The predicted octanol–water partition coefficient (Wildman–Crippen LogP) is 2.96. The van der Waals surface area contributed by atoms with Gasteiger partial charge in [-0.2, -0.15) is 0 Å². The zero-order valence-corrected chi connectivity index (χ0v) is 11.2. The van der Waals surface area contributed by atoms with E-state index in [0.717, 1.165) is 29.6 Å². The second-order valence-electron chi connectivity index (χ2n) is 3.94. The SMILES string of the molecule is C=C(CNCC)CSc1cc(C)cc(C)n1. The van der Waals surface area contributed by atoms with Crippen LogP contribution in [0, 0.1) is 13.8 Å². The Labute approximate surface area is 103 Å². The highest BCUT2D eigenvalue weighted by Gasteiger charge is 2.00. The lowest BCUT2D eigenvalue weighted by atomic mass is 10.3. The highest BCUT2D eigenvalue weighted by Crippen LogP contribution is 2.19. The van der Waals surface area contributed by atoms with E-state index >= 15 is 0 Å². The molecule has 3 heteroatoms. The molecule has 0 bridgehead atoms. The van der Waals surface area contributed by atoms with Gasteiger partial charge in [-0.1, -0.05) is 19.1 Å². The van der Waals surface area contributed by atoms with E-state index in [2.05, 4.69) is 42.9 Å². The Morgan fingerprint density at radius 1 is 1.44 bits per heavy atom. The van der Waals surface area contributed by atoms with Crippen molar-refractivity contribution in [1.29, 1.82) is 0 Å². The lowest BCUT2D eigenvalue weighted by Crippen LogP contribution is -2.16. The molecule has 0 aromatic carbocycles. The van der Waals surface area contributed by atoms with Gasteiger partial charge in [0.05, 0.1) is 5.03 Å². The third-order valence-corrected chi connectivity index (χ3v) is 3.18. The minimum atomic E-state index is 0.897. The normalized spacial score (nSPS) is 10.4. The number of pyridine rings is 1. The average Bonchev–Trinajstić information content (AvgIpc) is 2.22. The van der Waals surface area contributed by atoms with Gasteiger partial charge in [0.15, 0.2) is 0 Å². The van der Waals surface area contributed by atoms with E-state index in [1.54, 1.807) is 11.8 Å². The molecule has 1 rings (SSSR count). The first-order valence-corrected chi connectivity index (χ1v) is 6.56. The van der Waals surface area contributed by atoms with Crippen molar-refractivity contribution in [1.82, 2.24) is 10.3 Å². The fraction of sp³-hybridized carbons (Fsp3) is 0.462. The van der Waals surface area contributed by atoms with Crippen molar-refractivity contribution in [3.63, 3.8) is 0 Å². The number of hydrogen-bond acceptors (Lipinski definition) is 3. The smallest absolute Gasteiger partial charge is 0.0968 e. The molecular formula is C13H20N2S. The second-order valence-corrected chi connectivity index (χ2v) is 4.94. The average molecular weight is 236 g/mol. The van der Waals surface area contributed by atoms with Crippen LogP contribution in [0.15, 0.2) is 29.3 Å². The summed E-state index contributed by atoms with van der Waals surface area (Å²) < 4.78 is 0. The molecule has 0 saturated heterocycles. The minimum Gasteiger partial charge on any atom is -0.313 e. The molecule has 1 heterocycles. The molecule has 0 aliphatic heterocycles. The standard InChI is InChI=1S/C13H20N2S/c1-5-14-8-11(3)9-16-13-7-10(2)6-12(4)15-13/h6-7,14H,3,5,8-9H2,1-2,4H3.